The Morgan fingerprint density at radius 1 is 1.21 bits per heavy atom. The molecule has 0 fully saturated rings. The fourth-order valence-corrected chi connectivity index (χ4v) is 1.96. The minimum Gasteiger partial charge on any atom is -0.323 e. The third-order valence-corrected chi connectivity index (χ3v) is 3.37. The Balaban J connectivity index is 2.06. The van der Waals surface area contributed by atoms with Crippen LogP contribution >= 0.6 is 0 Å². The molecule has 0 amide bonds. The second kappa shape index (κ2) is 5.97. The minimum atomic E-state index is -0.0166. The van der Waals surface area contributed by atoms with Crippen molar-refractivity contribution in [3.63, 3.8) is 0 Å². The van der Waals surface area contributed by atoms with E-state index in [1.165, 1.54) is 11.1 Å². The largest absolute Gasteiger partial charge is 0.323 e. The number of aromatic nitrogens is 3. The molecule has 1 aromatic heterocycles. The fraction of sp³-hybridized carbons (Fsp3) is 0.467. The Labute approximate surface area is 114 Å². The number of nitrogens with zero attached hydrogens (tertiary/aromatic N) is 3. The second-order valence-corrected chi connectivity index (χ2v) is 5.25. The molecule has 19 heavy (non-hydrogen) atoms. The Morgan fingerprint density at radius 3 is 2.47 bits per heavy atom. The van der Waals surface area contributed by atoms with E-state index in [0.717, 1.165) is 18.7 Å². The van der Waals surface area contributed by atoms with Crippen molar-refractivity contribution in [2.45, 2.75) is 45.7 Å². The van der Waals surface area contributed by atoms with Crippen LogP contribution in [0.1, 0.15) is 56.0 Å². The molecule has 102 valence electrons. The lowest BCUT2D eigenvalue weighted by Gasteiger charge is -2.06. The van der Waals surface area contributed by atoms with Gasteiger partial charge in [-0.1, -0.05) is 50.3 Å². The number of hydrogen-bond donors (Lipinski definition) is 1. The van der Waals surface area contributed by atoms with Crippen molar-refractivity contribution in [1.82, 2.24) is 15.0 Å². The lowest BCUT2D eigenvalue weighted by Crippen LogP contribution is -2.08. The minimum absolute atomic E-state index is 0.0166. The molecule has 2 N–H and O–H groups in total. The second-order valence-electron chi connectivity index (χ2n) is 5.25. The smallest absolute Gasteiger partial charge is 0.0994 e. The van der Waals surface area contributed by atoms with Crippen LogP contribution in [0, 0.1) is 0 Å². The van der Waals surface area contributed by atoms with Crippen LogP contribution in [0.5, 0.6) is 0 Å². The van der Waals surface area contributed by atoms with Crippen molar-refractivity contribution in [2.24, 2.45) is 5.73 Å². The molecule has 0 spiro atoms. The van der Waals surface area contributed by atoms with Gasteiger partial charge < -0.3 is 5.73 Å². The maximum atomic E-state index is 5.94. The van der Waals surface area contributed by atoms with Gasteiger partial charge in [-0.05, 0) is 23.5 Å². The highest BCUT2D eigenvalue weighted by molar-refractivity contribution is 5.24. The number of hydrogen-bond acceptors (Lipinski definition) is 3. The molecule has 0 aliphatic carbocycles. The zero-order valence-electron chi connectivity index (χ0n) is 11.9. The molecule has 4 heteroatoms. The summed E-state index contributed by atoms with van der Waals surface area (Å²) in [5, 5.41) is 8.24. The van der Waals surface area contributed by atoms with Gasteiger partial charge in [0.15, 0.2) is 0 Å². The van der Waals surface area contributed by atoms with E-state index in [-0.39, 0.29) is 6.04 Å². The van der Waals surface area contributed by atoms with Crippen LogP contribution < -0.4 is 5.73 Å². The SMILES string of the molecule is CCC(N)c1cn(Cc2ccc(C(C)C)cc2)nn1. The van der Waals surface area contributed by atoms with E-state index in [1.807, 2.05) is 17.8 Å². The first kappa shape index (κ1) is 13.7. The molecule has 1 aromatic carbocycles. The van der Waals surface area contributed by atoms with Gasteiger partial charge in [0.25, 0.3) is 0 Å². The zero-order chi connectivity index (χ0) is 13.8. The van der Waals surface area contributed by atoms with E-state index in [9.17, 15) is 0 Å². The number of rotatable bonds is 5. The lowest BCUT2D eigenvalue weighted by molar-refractivity contribution is 0.644. The summed E-state index contributed by atoms with van der Waals surface area (Å²) in [6, 6.07) is 8.63. The van der Waals surface area contributed by atoms with Crippen LogP contribution in [0.4, 0.5) is 0 Å². The highest BCUT2D eigenvalue weighted by atomic mass is 15.4. The molecule has 2 rings (SSSR count). The molecule has 2 aromatic rings. The lowest BCUT2D eigenvalue weighted by atomic mass is 10.0. The van der Waals surface area contributed by atoms with Crippen molar-refractivity contribution in [3.05, 3.63) is 47.3 Å². The molecular formula is C15H22N4. The normalized spacial score (nSPS) is 12.9. The molecule has 0 radical (unpaired) electrons. The molecule has 4 nitrogen and oxygen atoms in total. The van der Waals surface area contributed by atoms with Crippen molar-refractivity contribution in [3.8, 4) is 0 Å². The predicted octanol–water partition coefficient (Wildman–Crippen LogP) is 2.86. The van der Waals surface area contributed by atoms with Crippen molar-refractivity contribution >= 4 is 0 Å². The van der Waals surface area contributed by atoms with Crippen molar-refractivity contribution in [2.75, 3.05) is 0 Å². The number of nitrogens with two attached hydrogens (primary N) is 1. The third kappa shape index (κ3) is 3.41. The predicted molar refractivity (Wildman–Crippen MR) is 76.9 cm³/mol. The maximum Gasteiger partial charge on any atom is 0.0994 e. The Morgan fingerprint density at radius 2 is 1.89 bits per heavy atom. The quantitative estimate of drug-likeness (QED) is 0.897. The Kier molecular flexibility index (Phi) is 4.32. The zero-order valence-corrected chi connectivity index (χ0v) is 11.9. The van der Waals surface area contributed by atoms with Gasteiger partial charge in [0.2, 0.25) is 0 Å². The van der Waals surface area contributed by atoms with Gasteiger partial charge in [0, 0.05) is 0 Å². The van der Waals surface area contributed by atoms with Crippen LogP contribution in [0.2, 0.25) is 0 Å². The first-order chi connectivity index (χ1) is 9.10. The van der Waals surface area contributed by atoms with Gasteiger partial charge >= 0.3 is 0 Å². The van der Waals surface area contributed by atoms with E-state index >= 15 is 0 Å². The summed E-state index contributed by atoms with van der Waals surface area (Å²) >= 11 is 0. The van der Waals surface area contributed by atoms with Crippen LogP contribution in [-0.2, 0) is 6.54 Å². The Bertz CT molecular complexity index is 513. The molecule has 1 heterocycles. The van der Waals surface area contributed by atoms with Gasteiger partial charge in [-0.3, -0.25) is 0 Å². The molecule has 0 bridgehead atoms. The maximum absolute atomic E-state index is 5.94. The Hall–Kier alpha value is -1.68. The molecule has 0 saturated heterocycles. The van der Waals surface area contributed by atoms with E-state index in [4.69, 9.17) is 5.73 Å². The van der Waals surface area contributed by atoms with E-state index in [2.05, 4.69) is 48.4 Å². The summed E-state index contributed by atoms with van der Waals surface area (Å²) in [4.78, 5) is 0. The molecule has 0 aliphatic heterocycles. The number of benzene rings is 1. The van der Waals surface area contributed by atoms with E-state index in [1.54, 1.807) is 0 Å². The summed E-state index contributed by atoms with van der Waals surface area (Å²) < 4.78 is 1.84. The van der Waals surface area contributed by atoms with E-state index in [0.29, 0.717) is 5.92 Å². The van der Waals surface area contributed by atoms with Crippen LogP contribution in [0.3, 0.4) is 0 Å². The first-order valence-corrected chi connectivity index (χ1v) is 6.84. The summed E-state index contributed by atoms with van der Waals surface area (Å²) in [5.74, 6) is 0.564. The summed E-state index contributed by atoms with van der Waals surface area (Å²) in [5.41, 5.74) is 9.39. The van der Waals surface area contributed by atoms with Gasteiger partial charge in [0.05, 0.1) is 24.5 Å². The average molecular weight is 258 g/mol. The van der Waals surface area contributed by atoms with Gasteiger partial charge in [-0.15, -0.1) is 5.10 Å². The van der Waals surface area contributed by atoms with Crippen LogP contribution in [0.25, 0.3) is 0 Å². The topological polar surface area (TPSA) is 56.7 Å². The molecule has 0 aliphatic rings. The molecule has 1 atom stereocenters. The van der Waals surface area contributed by atoms with E-state index < -0.39 is 0 Å². The standard InChI is InChI=1S/C15H22N4/c1-4-14(16)15-10-19(18-17-15)9-12-5-7-13(8-6-12)11(2)3/h5-8,10-11,14H,4,9,16H2,1-3H3. The molecular weight excluding hydrogens is 236 g/mol. The highest BCUT2D eigenvalue weighted by Crippen LogP contribution is 2.15. The first-order valence-electron chi connectivity index (χ1n) is 6.84. The summed E-state index contributed by atoms with van der Waals surface area (Å²) in [6.07, 6.45) is 2.81. The average Bonchev–Trinajstić information content (AvgIpc) is 2.87. The monoisotopic (exact) mass is 258 g/mol. The summed E-state index contributed by atoms with van der Waals surface area (Å²) in [6.45, 7) is 7.19. The van der Waals surface area contributed by atoms with Gasteiger partial charge in [-0.2, -0.15) is 0 Å². The van der Waals surface area contributed by atoms with Crippen molar-refractivity contribution in [1.29, 1.82) is 0 Å². The molecule has 0 saturated carbocycles. The van der Waals surface area contributed by atoms with Crippen LogP contribution in [-0.4, -0.2) is 15.0 Å². The fourth-order valence-electron chi connectivity index (χ4n) is 1.96. The summed E-state index contributed by atoms with van der Waals surface area (Å²) in [7, 11) is 0. The van der Waals surface area contributed by atoms with Crippen molar-refractivity contribution < 1.29 is 0 Å². The third-order valence-electron chi connectivity index (χ3n) is 3.37. The molecule has 1 unspecified atom stereocenters. The van der Waals surface area contributed by atoms with Gasteiger partial charge in [-0.25, -0.2) is 4.68 Å². The van der Waals surface area contributed by atoms with Crippen LogP contribution in [0.15, 0.2) is 30.5 Å². The van der Waals surface area contributed by atoms with Gasteiger partial charge in [0.1, 0.15) is 0 Å². The highest BCUT2D eigenvalue weighted by Gasteiger charge is 2.08.